The number of fused-ring (bicyclic) bond motifs is 1. The molecule has 0 aromatic carbocycles. The number of H-pyrrole nitrogens is 1. The minimum absolute atomic E-state index is 0.0276. The van der Waals surface area contributed by atoms with Crippen molar-refractivity contribution in [2.24, 2.45) is 5.92 Å². The molecule has 5 nitrogen and oxygen atoms in total. The molecule has 5 heteroatoms. The minimum Gasteiger partial charge on any atom is -0.393 e. The quantitative estimate of drug-likeness (QED) is 0.802. The zero-order chi connectivity index (χ0) is 14.7. The number of pyridine rings is 1. The van der Waals surface area contributed by atoms with Gasteiger partial charge in [0.15, 0.2) is 0 Å². The number of aromatic amines is 1. The van der Waals surface area contributed by atoms with Crippen molar-refractivity contribution in [3.63, 3.8) is 0 Å². The number of aliphatic hydroxyl groups is 1. The first-order valence-electron chi connectivity index (χ1n) is 7.58. The highest BCUT2D eigenvalue weighted by Gasteiger charge is 2.20. The summed E-state index contributed by atoms with van der Waals surface area (Å²) in [5.74, 6) is 0.433. The number of rotatable bonds is 4. The van der Waals surface area contributed by atoms with Crippen molar-refractivity contribution in [3.05, 3.63) is 30.1 Å². The largest absolute Gasteiger partial charge is 0.393 e. The van der Waals surface area contributed by atoms with E-state index in [1.807, 2.05) is 18.3 Å². The summed E-state index contributed by atoms with van der Waals surface area (Å²) in [5.41, 5.74) is 1.79. The first kappa shape index (κ1) is 14.1. The lowest BCUT2D eigenvalue weighted by Crippen LogP contribution is -2.33. The Morgan fingerprint density at radius 3 is 3.24 bits per heavy atom. The van der Waals surface area contributed by atoms with E-state index in [-0.39, 0.29) is 12.0 Å². The zero-order valence-electron chi connectivity index (χ0n) is 12.0. The van der Waals surface area contributed by atoms with Crippen molar-refractivity contribution < 1.29 is 9.90 Å². The van der Waals surface area contributed by atoms with Gasteiger partial charge < -0.3 is 15.4 Å². The van der Waals surface area contributed by atoms with Crippen LogP contribution in [0.2, 0.25) is 0 Å². The molecule has 1 fully saturated rings. The maximum absolute atomic E-state index is 12.1. The third-order valence-corrected chi connectivity index (χ3v) is 4.23. The van der Waals surface area contributed by atoms with Crippen molar-refractivity contribution in [2.75, 3.05) is 6.54 Å². The predicted octanol–water partition coefficient (Wildman–Crippen LogP) is 1.77. The van der Waals surface area contributed by atoms with Crippen molar-refractivity contribution in [1.29, 1.82) is 0 Å². The molecule has 3 rings (SSSR count). The molecule has 3 N–H and O–H groups in total. The molecule has 21 heavy (non-hydrogen) atoms. The lowest BCUT2D eigenvalue weighted by molar-refractivity contribution is -0.120. The van der Waals surface area contributed by atoms with Gasteiger partial charge in [0.05, 0.1) is 12.5 Å². The van der Waals surface area contributed by atoms with E-state index < -0.39 is 0 Å². The molecule has 112 valence electrons. The predicted molar refractivity (Wildman–Crippen MR) is 80.8 cm³/mol. The molecule has 2 aromatic rings. The molecule has 0 bridgehead atoms. The molecule has 0 aliphatic heterocycles. The fraction of sp³-hybridized carbons (Fsp3) is 0.500. The molecule has 1 aliphatic carbocycles. The van der Waals surface area contributed by atoms with Gasteiger partial charge in [0.2, 0.25) is 5.91 Å². The lowest BCUT2D eigenvalue weighted by Gasteiger charge is -2.25. The van der Waals surface area contributed by atoms with Crippen LogP contribution < -0.4 is 5.32 Å². The highest BCUT2D eigenvalue weighted by Crippen LogP contribution is 2.23. The summed E-state index contributed by atoms with van der Waals surface area (Å²) in [6.07, 6.45) is 7.59. The van der Waals surface area contributed by atoms with E-state index in [9.17, 15) is 9.90 Å². The van der Waals surface area contributed by atoms with Crippen molar-refractivity contribution in [1.82, 2.24) is 15.3 Å². The number of nitrogens with one attached hydrogen (secondary N) is 2. The zero-order valence-corrected chi connectivity index (χ0v) is 12.0. The normalized spacial score (nSPS) is 22.3. The average molecular weight is 287 g/mol. The molecule has 2 heterocycles. The molecule has 1 amide bonds. The molecule has 0 radical (unpaired) electrons. The number of nitrogens with zero attached hydrogens (tertiary/aromatic N) is 1. The van der Waals surface area contributed by atoms with Crippen LogP contribution >= 0.6 is 0 Å². The van der Waals surface area contributed by atoms with E-state index in [0.717, 1.165) is 42.3 Å². The summed E-state index contributed by atoms with van der Waals surface area (Å²) in [6, 6.07) is 3.85. The van der Waals surface area contributed by atoms with Gasteiger partial charge in [0.1, 0.15) is 5.65 Å². The van der Waals surface area contributed by atoms with Crippen molar-refractivity contribution in [3.8, 4) is 0 Å². The first-order valence-corrected chi connectivity index (χ1v) is 7.58. The van der Waals surface area contributed by atoms with Crippen LogP contribution in [0.15, 0.2) is 24.5 Å². The number of hydrogen-bond acceptors (Lipinski definition) is 3. The monoisotopic (exact) mass is 287 g/mol. The summed E-state index contributed by atoms with van der Waals surface area (Å²) in [4.78, 5) is 19.4. The van der Waals surface area contributed by atoms with Gasteiger partial charge in [-0.15, -0.1) is 0 Å². The standard InChI is InChI=1S/C16H21N3O2/c20-13-4-1-3-11(7-13)9-18-15(21)8-12-10-19-16-14(12)5-2-6-17-16/h2,5-6,10-11,13,20H,1,3-4,7-9H2,(H,17,19)(H,18,21). The second kappa shape index (κ2) is 6.26. The third kappa shape index (κ3) is 3.42. The fourth-order valence-corrected chi connectivity index (χ4v) is 3.10. The smallest absolute Gasteiger partial charge is 0.224 e. The molecular formula is C16H21N3O2. The molecule has 1 saturated carbocycles. The van der Waals surface area contributed by atoms with Gasteiger partial charge in [-0.1, -0.05) is 6.42 Å². The van der Waals surface area contributed by atoms with Crippen LogP contribution in [0.5, 0.6) is 0 Å². The van der Waals surface area contributed by atoms with Crippen molar-refractivity contribution in [2.45, 2.75) is 38.2 Å². The molecule has 2 unspecified atom stereocenters. The van der Waals surface area contributed by atoms with Crippen LogP contribution in [0.4, 0.5) is 0 Å². The Balaban J connectivity index is 1.54. The Morgan fingerprint density at radius 2 is 2.38 bits per heavy atom. The average Bonchev–Trinajstić information content (AvgIpc) is 2.89. The Labute approximate surface area is 123 Å². The van der Waals surface area contributed by atoms with Crippen LogP contribution in [-0.4, -0.2) is 33.6 Å². The molecule has 1 aliphatic rings. The van der Waals surface area contributed by atoms with Gasteiger partial charge in [-0.3, -0.25) is 4.79 Å². The molecule has 0 saturated heterocycles. The summed E-state index contributed by atoms with van der Waals surface area (Å²) in [5, 5.41) is 13.6. The number of aromatic nitrogens is 2. The second-order valence-corrected chi connectivity index (χ2v) is 5.88. The van der Waals surface area contributed by atoms with Gasteiger partial charge in [0, 0.05) is 24.3 Å². The van der Waals surface area contributed by atoms with E-state index in [4.69, 9.17) is 0 Å². The van der Waals surface area contributed by atoms with Crippen LogP contribution in [0.25, 0.3) is 11.0 Å². The maximum atomic E-state index is 12.1. The van der Waals surface area contributed by atoms with Gasteiger partial charge in [-0.05, 0) is 42.9 Å². The molecule has 2 atom stereocenters. The fourth-order valence-electron chi connectivity index (χ4n) is 3.10. The summed E-state index contributed by atoms with van der Waals surface area (Å²) < 4.78 is 0. The second-order valence-electron chi connectivity index (χ2n) is 5.88. The van der Waals surface area contributed by atoms with E-state index in [2.05, 4.69) is 15.3 Å². The lowest BCUT2D eigenvalue weighted by atomic mass is 9.87. The highest BCUT2D eigenvalue weighted by molar-refractivity contribution is 5.87. The van der Waals surface area contributed by atoms with Gasteiger partial charge >= 0.3 is 0 Å². The van der Waals surface area contributed by atoms with E-state index in [1.54, 1.807) is 6.20 Å². The molecular weight excluding hydrogens is 266 g/mol. The van der Waals surface area contributed by atoms with Crippen LogP contribution in [-0.2, 0) is 11.2 Å². The Morgan fingerprint density at radius 1 is 1.48 bits per heavy atom. The van der Waals surface area contributed by atoms with Crippen LogP contribution in [0.3, 0.4) is 0 Å². The van der Waals surface area contributed by atoms with E-state index in [1.165, 1.54) is 0 Å². The molecule has 0 spiro atoms. The van der Waals surface area contributed by atoms with Crippen LogP contribution in [0.1, 0.15) is 31.2 Å². The minimum atomic E-state index is -0.194. The first-order chi connectivity index (χ1) is 10.2. The van der Waals surface area contributed by atoms with Crippen molar-refractivity contribution >= 4 is 16.9 Å². The number of aliphatic hydroxyl groups excluding tert-OH is 1. The maximum Gasteiger partial charge on any atom is 0.224 e. The topological polar surface area (TPSA) is 78.0 Å². The summed E-state index contributed by atoms with van der Waals surface area (Å²) in [6.45, 7) is 0.663. The van der Waals surface area contributed by atoms with Gasteiger partial charge in [-0.2, -0.15) is 0 Å². The number of hydrogen-bond donors (Lipinski definition) is 3. The highest BCUT2D eigenvalue weighted by atomic mass is 16.3. The number of carbonyl (C=O) groups excluding carboxylic acids is 1. The summed E-state index contributed by atoms with van der Waals surface area (Å²) >= 11 is 0. The number of carbonyl (C=O) groups is 1. The molecule has 2 aromatic heterocycles. The Bertz CT molecular complexity index is 623. The van der Waals surface area contributed by atoms with Gasteiger partial charge in [-0.25, -0.2) is 4.98 Å². The van der Waals surface area contributed by atoms with Crippen LogP contribution in [0, 0.1) is 5.92 Å². The third-order valence-electron chi connectivity index (χ3n) is 4.23. The Hall–Kier alpha value is -1.88. The van der Waals surface area contributed by atoms with Gasteiger partial charge in [0.25, 0.3) is 0 Å². The summed E-state index contributed by atoms with van der Waals surface area (Å²) in [7, 11) is 0. The SMILES string of the molecule is O=C(Cc1c[nH]c2ncccc12)NCC1CCCC(O)C1. The Kier molecular flexibility index (Phi) is 4.20. The number of amides is 1. The van der Waals surface area contributed by atoms with E-state index in [0.29, 0.717) is 18.9 Å². The van der Waals surface area contributed by atoms with E-state index >= 15 is 0 Å².